The van der Waals surface area contributed by atoms with Crippen molar-refractivity contribution >= 4 is 0 Å². The van der Waals surface area contributed by atoms with Crippen LogP contribution >= 0.6 is 0 Å². The summed E-state index contributed by atoms with van der Waals surface area (Å²) in [5.41, 5.74) is -1.70. The Labute approximate surface area is 72.5 Å². The topological polar surface area (TPSA) is 80.9 Å². The molecule has 0 bridgehead atoms. The molecule has 3 atom stereocenters. The minimum atomic E-state index is -1.70. The molecular weight excluding hydrogens is 160 g/mol. The highest BCUT2D eigenvalue weighted by molar-refractivity contribution is 5.05. The van der Waals surface area contributed by atoms with Gasteiger partial charge in [-0.3, -0.25) is 0 Å². The molecule has 12 heavy (non-hydrogen) atoms. The molecule has 0 amide bonds. The van der Waals surface area contributed by atoms with E-state index in [0.29, 0.717) is 0 Å². The summed E-state index contributed by atoms with van der Waals surface area (Å²) in [5.74, 6) is 0. The van der Waals surface area contributed by atoms with Crippen LogP contribution < -0.4 is 0 Å². The number of hydrogen-bond acceptors (Lipinski definition) is 4. The van der Waals surface area contributed by atoms with Crippen molar-refractivity contribution in [2.24, 2.45) is 0 Å². The summed E-state index contributed by atoms with van der Waals surface area (Å²) < 4.78 is 0. The summed E-state index contributed by atoms with van der Waals surface area (Å²) in [6, 6.07) is 0. The Bertz CT molecular complexity index is 135. The van der Waals surface area contributed by atoms with Gasteiger partial charge in [-0.2, -0.15) is 0 Å². The van der Waals surface area contributed by atoms with Gasteiger partial charge in [0.2, 0.25) is 0 Å². The molecule has 4 heteroatoms. The normalized spacial score (nSPS) is 22.0. The van der Waals surface area contributed by atoms with E-state index in [1.165, 1.54) is 13.8 Å². The Balaban J connectivity index is 4.51. The first-order valence-electron chi connectivity index (χ1n) is 4.01. The van der Waals surface area contributed by atoms with Crippen molar-refractivity contribution in [2.75, 3.05) is 0 Å². The zero-order chi connectivity index (χ0) is 9.94. The van der Waals surface area contributed by atoms with E-state index in [4.69, 9.17) is 10.2 Å². The third kappa shape index (κ3) is 2.17. The first-order valence-corrected chi connectivity index (χ1v) is 4.01. The molecule has 4 N–H and O–H groups in total. The highest BCUT2D eigenvalue weighted by Crippen LogP contribution is 2.27. The van der Waals surface area contributed by atoms with Crippen LogP contribution in [0.1, 0.15) is 27.2 Å². The second-order valence-electron chi connectivity index (χ2n) is 3.01. The maximum Gasteiger partial charge on any atom is 0.155 e. The zero-order valence-corrected chi connectivity index (χ0v) is 7.65. The van der Waals surface area contributed by atoms with E-state index in [1.54, 1.807) is 6.92 Å². The van der Waals surface area contributed by atoms with Gasteiger partial charge in [-0.15, -0.1) is 0 Å². The average Bonchev–Trinajstić information content (AvgIpc) is 2.01. The van der Waals surface area contributed by atoms with Crippen molar-refractivity contribution in [3.63, 3.8) is 0 Å². The second kappa shape index (κ2) is 4.18. The fourth-order valence-corrected chi connectivity index (χ4v) is 1.05. The summed E-state index contributed by atoms with van der Waals surface area (Å²) in [6.45, 7) is 4.31. The van der Waals surface area contributed by atoms with Crippen LogP contribution in [0.15, 0.2) is 0 Å². The van der Waals surface area contributed by atoms with Crippen LogP contribution in [0.4, 0.5) is 0 Å². The van der Waals surface area contributed by atoms with Crippen molar-refractivity contribution in [3.05, 3.63) is 6.10 Å². The average molecular weight is 177 g/mol. The predicted octanol–water partition coefficient (Wildman–Crippen LogP) is -0.206. The minimum absolute atomic E-state index is 0.154. The van der Waals surface area contributed by atoms with Gasteiger partial charge in [0.1, 0.15) is 5.60 Å². The molecule has 0 aliphatic rings. The van der Waals surface area contributed by atoms with Gasteiger partial charge in [-0.05, 0) is 20.3 Å². The van der Waals surface area contributed by atoms with E-state index in [1.807, 2.05) is 0 Å². The fraction of sp³-hybridized carbons (Fsp3) is 0.875. The van der Waals surface area contributed by atoms with Crippen molar-refractivity contribution in [1.29, 1.82) is 0 Å². The van der Waals surface area contributed by atoms with Crippen molar-refractivity contribution in [2.45, 2.75) is 45.0 Å². The van der Waals surface area contributed by atoms with Crippen LogP contribution in [0, 0.1) is 6.10 Å². The lowest BCUT2D eigenvalue weighted by Gasteiger charge is -2.34. The van der Waals surface area contributed by atoms with Gasteiger partial charge in [0.15, 0.2) is 6.10 Å². The predicted molar refractivity (Wildman–Crippen MR) is 43.8 cm³/mol. The maximum absolute atomic E-state index is 9.64. The molecule has 0 aromatic carbocycles. The van der Waals surface area contributed by atoms with Crippen LogP contribution in [-0.4, -0.2) is 38.2 Å². The molecule has 0 fully saturated rings. The summed E-state index contributed by atoms with van der Waals surface area (Å²) >= 11 is 0. The molecule has 0 aromatic heterocycles. The van der Waals surface area contributed by atoms with Gasteiger partial charge in [0.05, 0.1) is 12.2 Å². The van der Waals surface area contributed by atoms with Crippen molar-refractivity contribution < 1.29 is 20.4 Å². The summed E-state index contributed by atoms with van der Waals surface area (Å²) in [6.07, 6.45) is -2.57. The molecule has 0 aromatic rings. The van der Waals surface area contributed by atoms with E-state index < -0.39 is 23.9 Å². The van der Waals surface area contributed by atoms with Crippen molar-refractivity contribution in [1.82, 2.24) is 0 Å². The van der Waals surface area contributed by atoms with Gasteiger partial charge >= 0.3 is 0 Å². The highest BCUT2D eigenvalue weighted by Gasteiger charge is 2.42. The van der Waals surface area contributed by atoms with Crippen LogP contribution in [0.5, 0.6) is 0 Å². The maximum atomic E-state index is 9.64. The minimum Gasteiger partial charge on any atom is -0.390 e. The Hall–Kier alpha value is -0.160. The molecule has 0 aliphatic heterocycles. The Morgan fingerprint density at radius 2 is 1.75 bits per heavy atom. The molecule has 0 rings (SSSR count). The smallest absolute Gasteiger partial charge is 0.155 e. The van der Waals surface area contributed by atoms with Gasteiger partial charge in [0.25, 0.3) is 0 Å². The standard InChI is InChI=1S/C8H17O4/c1-4-8(12,6(3)10)7(11)5(2)9/h5-6,9-12H,4H2,1-3H3. The molecule has 1 radical (unpaired) electrons. The molecule has 4 nitrogen and oxygen atoms in total. The molecule has 73 valence electrons. The molecule has 0 heterocycles. The lowest BCUT2D eigenvalue weighted by molar-refractivity contribution is -0.117. The first kappa shape index (κ1) is 11.8. The molecule has 0 saturated carbocycles. The molecular formula is C8H17O4. The summed E-state index contributed by atoms with van der Waals surface area (Å²) in [4.78, 5) is 0. The third-order valence-electron chi connectivity index (χ3n) is 2.07. The number of aliphatic hydroxyl groups is 4. The van der Waals surface area contributed by atoms with Crippen LogP contribution in [0.25, 0.3) is 0 Å². The summed E-state index contributed by atoms with van der Waals surface area (Å²) in [7, 11) is 0. The van der Waals surface area contributed by atoms with Gasteiger partial charge in [0, 0.05) is 0 Å². The van der Waals surface area contributed by atoms with Gasteiger partial charge < -0.3 is 20.4 Å². The van der Waals surface area contributed by atoms with Crippen molar-refractivity contribution in [3.8, 4) is 0 Å². The summed E-state index contributed by atoms with van der Waals surface area (Å²) in [5, 5.41) is 37.0. The van der Waals surface area contributed by atoms with Gasteiger partial charge in [-0.1, -0.05) is 6.92 Å². The van der Waals surface area contributed by atoms with E-state index in [-0.39, 0.29) is 6.42 Å². The molecule has 0 saturated heterocycles. The largest absolute Gasteiger partial charge is 0.390 e. The van der Waals surface area contributed by atoms with E-state index in [9.17, 15) is 10.2 Å². The second-order valence-corrected chi connectivity index (χ2v) is 3.01. The fourth-order valence-electron chi connectivity index (χ4n) is 1.05. The first-order chi connectivity index (χ1) is 5.36. The van der Waals surface area contributed by atoms with E-state index >= 15 is 0 Å². The molecule has 3 unspecified atom stereocenters. The molecule has 0 spiro atoms. The van der Waals surface area contributed by atoms with Crippen LogP contribution in [-0.2, 0) is 0 Å². The highest BCUT2D eigenvalue weighted by atomic mass is 16.4. The Morgan fingerprint density at radius 3 is 1.83 bits per heavy atom. The monoisotopic (exact) mass is 177 g/mol. The number of hydrogen-bond donors (Lipinski definition) is 4. The Kier molecular flexibility index (Phi) is 4.13. The number of aliphatic hydroxyl groups excluding tert-OH is 3. The lowest BCUT2D eigenvalue weighted by Crippen LogP contribution is -2.49. The lowest BCUT2D eigenvalue weighted by atomic mass is 9.86. The van der Waals surface area contributed by atoms with Crippen LogP contribution in [0.2, 0.25) is 0 Å². The SMILES string of the molecule is CCC(O)([C](O)C(C)O)C(C)O. The molecule has 0 aliphatic carbocycles. The van der Waals surface area contributed by atoms with Gasteiger partial charge in [-0.25, -0.2) is 0 Å². The third-order valence-corrected chi connectivity index (χ3v) is 2.07. The Morgan fingerprint density at radius 1 is 1.33 bits per heavy atom. The quantitative estimate of drug-likeness (QED) is 0.479. The van der Waals surface area contributed by atoms with E-state index in [0.717, 1.165) is 0 Å². The van der Waals surface area contributed by atoms with E-state index in [2.05, 4.69) is 0 Å². The number of rotatable bonds is 4. The zero-order valence-electron chi connectivity index (χ0n) is 7.65. The van der Waals surface area contributed by atoms with Crippen LogP contribution in [0.3, 0.4) is 0 Å².